The maximum atomic E-state index is 12.4. The lowest BCUT2D eigenvalue weighted by atomic mass is 9.97. The average molecular weight is 346 g/mol. The summed E-state index contributed by atoms with van der Waals surface area (Å²) in [5.74, 6) is 0.269. The van der Waals surface area contributed by atoms with Crippen LogP contribution in [-0.4, -0.2) is 72.2 Å². The third-order valence-electron chi connectivity index (χ3n) is 4.95. The van der Waals surface area contributed by atoms with E-state index in [0.29, 0.717) is 29.2 Å². The van der Waals surface area contributed by atoms with Crippen molar-refractivity contribution in [2.24, 2.45) is 5.92 Å². The number of benzene rings is 1. The summed E-state index contributed by atoms with van der Waals surface area (Å²) in [5, 5.41) is 21.2. The van der Waals surface area contributed by atoms with Crippen molar-refractivity contribution in [3.05, 3.63) is 41.5 Å². The van der Waals surface area contributed by atoms with Gasteiger partial charge in [-0.25, -0.2) is 4.90 Å². The minimum absolute atomic E-state index is 0.124. The summed E-state index contributed by atoms with van der Waals surface area (Å²) in [5.41, 5.74) is 1.78. The molecule has 2 N–H and O–H groups in total. The number of hydrogen-bond acceptors (Lipinski definition) is 5. The molecule has 2 aliphatic rings. The lowest BCUT2D eigenvalue weighted by Gasteiger charge is -2.31. The second-order valence-electron chi connectivity index (χ2n) is 6.91. The first-order chi connectivity index (χ1) is 12.0. The summed E-state index contributed by atoms with van der Waals surface area (Å²) in [7, 11) is 3.40. The van der Waals surface area contributed by atoms with E-state index in [4.69, 9.17) is 4.74 Å². The van der Waals surface area contributed by atoms with Gasteiger partial charge in [-0.05, 0) is 36.5 Å². The van der Waals surface area contributed by atoms with Crippen LogP contribution < -0.4 is 0 Å². The molecule has 25 heavy (non-hydrogen) atoms. The molecule has 6 nitrogen and oxygen atoms in total. The van der Waals surface area contributed by atoms with Gasteiger partial charge in [-0.15, -0.1) is 0 Å². The van der Waals surface area contributed by atoms with E-state index in [9.17, 15) is 15.0 Å². The molecule has 2 unspecified atom stereocenters. The quantitative estimate of drug-likeness (QED) is 0.856. The van der Waals surface area contributed by atoms with Gasteiger partial charge in [0.25, 0.3) is 5.91 Å². The summed E-state index contributed by atoms with van der Waals surface area (Å²) in [6.45, 7) is 2.06. The van der Waals surface area contributed by atoms with Gasteiger partial charge in [0.15, 0.2) is 0 Å². The van der Waals surface area contributed by atoms with Crippen LogP contribution in [-0.2, 0) is 4.74 Å². The van der Waals surface area contributed by atoms with Crippen LogP contribution >= 0.6 is 0 Å². The number of nitrogens with zero attached hydrogens (tertiary/aromatic N) is 2. The molecule has 0 radical (unpaired) electrons. The van der Waals surface area contributed by atoms with Crippen molar-refractivity contribution in [3.8, 4) is 0 Å². The number of aliphatic hydroxyl groups is 2. The highest BCUT2D eigenvalue weighted by Crippen LogP contribution is 2.33. The van der Waals surface area contributed by atoms with Gasteiger partial charge in [-0.1, -0.05) is 18.2 Å². The predicted octanol–water partition coefficient (Wildman–Crippen LogP) is 1.15. The number of aliphatic hydroxyl groups excluding tert-OH is 2. The third kappa shape index (κ3) is 3.77. The van der Waals surface area contributed by atoms with Crippen molar-refractivity contribution < 1.29 is 19.7 Å². The van der Waals surface area contributed by atoms with Crippen LogP contribution in [0.4, 0.5) is 0 Å². The van der Waals surface area contributed by atoms with E-state index in [1.807, 2.05) is 12.1 Å². The van der Waals surface area contributed by atoms with E-state index in [2.05, 4.69) is 0 Å². The van der Waals surface area contributed by atoms with Crippen molar-refractivity contribution in [2.75, 3.05) is 33.9 Å². The van der Waals surface area contributed by atoms with Gasteiger partial charge in [-0.3, -0.25) is 4.79 Å². The summed E-state index contributed by atoms with van der Waals surface area (Å²) in [4.78, 5) is 15.6. The summed E-state index contributed by atoms with van der Waals surface area (Å²) in [6.07, 6.45) is 1.73. The molecule has 0 spiro atoms. The molecule has 1 fully saturated rings. The standard InChI is InChI=1S/C19H26N2O4/c1-20(2)18(23)15-6-4-3-5-14(15)16-11-17(22)21(19(16)24)12-13-7-9-25-10-8-13/h3-6,11,13,17,19,22,24H,7-10,12H2,1-2H3. The highest BCUT2D eigenvalue weighted by atomic mass is 16.5. The van der Waals surface area contributed by atoms with Crippen LogP contribution in [0.2, 0.25) is 0 Å². The Morgan fingerprint density at radius 2 is 1.92 bits per heavy atom. The Morgan fingerprint density at radius 1 is 1.24 bits per heavy atom. The summed E-state index contributed by atoms with van der Waals surface area (Å²) >= 11 is 0. The Kier molecular flexibility index (Phi) is 5.54. The highest BCUT2D eigenvalue weighted by molar-refractivity contribution is 5.99. The fourth-order valence-corrected chi connectivity index (χ4v) is 3.49. The lowest BCUT2D eigenvalue weighted by molar-refractivity contribution is -0.0558. The molecule has 3 rings (SSSR count). The second kappa shape index (κ2) is 7.66. The van der Waals surface area contributed by atoms with Gasteiger partial charge < -0.3 is 19.8 Å². The number of rotatable bonds is 4. The fourth-order valence-electron chi connectivity index (χ4n) is 3.49. The van der Waals surface area contributed by atoms with Crippen LogP contribution in [0.15, 0.2) is 30.3 Å². The molecule has 0 saturated carbocycles. The molecular formula is C19H26N2O4. The van der Waals surface area contributed by atoms with E-state index in [1.165, 1.54) is 4.90 Å². The second-order valence-corrected chi connectivity index (χ2v) is 6.91. The van der Waals surface area contributed by atoms with Crippen molar-refractivity contribution in [1.82, 2.24) is 9.80 Å². The summed E-state index contributed by atoms with van der Waals surface area (Å²) < 4.78 is 5.37. The SMILES string of the molecule is CN(C)C(=O)c1ccccc1C1=CC(O)N(CC2CCOCC2)C1O. The Morgan fingerprint density at radius 3 is 2.60 bits per heavy atom. The first-order valence-corrected chi connectivity index (χ1v) is 8.71. The zero-order valence-corrected chi connectivity index (χ0v) is 14.8. The van der Waals surface area contributed by atoms with Crippen LogP contribution in [0.1, 0.15) is 28.8 Å². The number of carbonyl (C=O) groups excluding carboxylic acids is 1. The van der Waals surface area contributed by atoms with Gasteiger partial charge in [0.2, 0.25) is 0 Å². The van der Waals surface area contributed by atoms with E-state index in [1.54, 1.807) is 37.2 Å². The predicted molar refractivity (Wildman–Crippen MR) is 94.7 cm³/mol. The molecule has 136 valence electrons. The first-order valence-electron chi connectivity index (χ1n) is 8.71. The van der Waals surface area contributed by atoms with Crippen LogP contribution in [0.25, 0.3) is 5.57 Å². The number of amides is 1. The molecule has 2 heterocycles. The molecule has 6 heteroatoms. The minimum Gasteiger partial charge on any atom is -0.381 e. The van der Waals surface area contributed by atoms with Crippen molar-refractivity contribution >= 4 is 11.5 Å². The van der Waals surface area contributed by atoms with Gasteiger partial charge in [0, 0.05) is 45.0 Å². The smallest absolute Gasteiger partial charge is 0.253 e. The zero-order valence-electron chi connectivity index (χ0n) is 14.8. The maximum Gasteiger partial charge on any atom is 0.253 e. The monoisotopic (exact) mass is 346 g/mol. The Labute approximate surface area is 148 Å². The average Bonchev–Trinajstić information content (AvgIpc) is 2.90. The van der Waals surface area contributed by atoms with E-state index >= 15 is 0 Å². The molecule has 0 bridgehead atoms. The minimum atomic E-state index is -0.922. The summed E-state index contributed by atoms with van der Waals surface area (Å²) in [6, 6.07) is 7.20. The van der Waals surface area contributed by atoms with E-state index in [-0.39, 0.29) is 5.91 Å². The molecule has 1 aromatic rings. The van der Waals surface area contributed by atoms with E-state index in [0.717, 1.165) is 26.1 Å². The van der Waals surface area contributed by atoms with E-state index < -0.39 is 12.5 Å². The van der Waals surface area contributed by atoms with Gasteiger partial charge in [0.05, 0.1) is 0 Å². The molecule has 0 aromatic heterocycles. The molecular weight excluding hydrogens is 320 g/mol. The van der Waals surface area contributed by atoms with Crippen molar-refractivity contribution in [1.29, 1.82) is 0 Å². The molecule has 2 atom stereocenters. The van der Waals surface area contributed by atoms with Gasteiger partial charge in [0.1, 0.15) is 12.5 Å². The number of hydrogen-bond donors (Lipinski definition) is 2. The van der Waals surface area contributed by atoms with Crippen LogP contribution in [0.3, 0.4) is 0 Å². The Hall–Kier alpha value is -1.73. The number of carbonyl (C=O) groups is 1. The largest absolute Gasteiger partial charge is 0.381 e. The molecule has 1 amide bonds. The molecule has 2 aliphatic heterocycles. The van der Waals surface area contributed by atoms with Gasteiger partial charge >= 0.3 is 0 Å². The Bertz CT molecular complexity index is 653. The van der Waals surface area contributed by atoms with Crippen molar-refractivity contribution in [2.45, 2.75) is 25.3 Å². The maximum absolute atomic E-state index is 12.4. The number of ether oxygens (including phenoxy) is 1. The van der Waals surface area contributed by atoms with Crippen LogP contribution in [0, 0.1) is 5.92 Å². The normalized spacial score (nSPS) is 25.0. The highest BCUT2D eigenvalue weighted by Gasteiger charge is 2.35. The topological polar surface area (TPSA) is 73.2 Å². The van der Waals surface area contributed by atoms with Gasteiger partial charge in [-0.2, -0.15) is 0 Å². The molecule has 1 saturated heterocycles. The zero-order chi connectivity index (χ0) is 18.0. The van der Waals surface area contributed by atoms with Crippen LogP contribution in [0.5, 0.6) is 0 Å². The van der Waals surface area contributed by atoms with Crippen molar-refractivity contribution in [3.63, 3.8) is 0 Å². The first kappa shape index (κ1) is 18.1. The fraction of sp³-hybridized carbons (Fsp3) is 0.526. The Balaban J connectivity index is 1.82. The molecule has 0 aliphatic carbocycles. The lowest BCUT2D eigenvalue weighted by Crippen LogP contribution is -2.42. The third-order valence-corrected chi connectivity index (χ3v) is 4.95. The molecule has 1 aromatic carbocycles.